The number of nitrogens with two attached hydrogens (primary N) is 1. The highest BCUT2D eigenvalue weighted by molar-refractivity contribution is 5.77. The van der Waals surface area contributed by atoms with Gasteiger partial charge in [0.05, 0.1) is 23.4 Å². The lowest BCUT2D eigenvalue weighted by atomic mass is 9.84. The molecule has 2 atom stereocenters. The molecule has 0 aliphatic carbocycles. The number of aryl methyl sites for hydroxylation is 2. The van der Waals surface area contributed by atoms with Crippen molar-refractivity contribution in [2.75, 3.05) is 24.6 Å². The Morgan fingerprint density at radius 1 is 1.32 bits per heavy atom. The maximum atomic E-state index is 11.5. The Balaban J connectivity index is 1.65. The number of nitrogens with zero attached hydrogens (tertiary/aromatic N) is 3. The third-order valence-corrected chi connectivity index (χ3v) is 4.86. The molecular weight excluding hydrogens is 280 g/mol. The molecule has 3 rings (SSSR count). The predicted octanol–water partition coefficient (Wildman–Crippen LogP) is 1.20. The Labute approximate surface area is 131 Å². The Morgan fingerprint density at radius 2 is 2.05 bits per heavy atom. The van der Waals surface area contributed by atoms with Gasteiger partial charge in [0.1, 0.15) is 5.82 Å². The van der Waals surface area contributed by atoms with Crippen LogP contribution in [-0.4, -0.2) is 41.7 Å². The largest absolute Gasteiger partial charge is 0.377 e. The Morgan fingerprint density at radius 3 is 2.73 bits per heavy atom. The van der Waals surface area contributed by atoms with Crippen LogP contribution in [0.1, 0.15) is 30.7 Å². The highest BCUT2D eigenvalue weighted by atomic mass is 16.5. The molecule has 2 aliphatic rings. The van der Waals surface area contributed by atoms with Gasteiger partial charge >= 0.3 is 0 Å². The molecule has 120 valence electrons. The van der Waals surface area contributed by atoms with E-state index in [1.807, 2.05) is 13.8 Å². The summed E-state index contributed by atoms with van der Waals surface area (Å²) in [4.78, 5) is 22.8. The van der Waals surface area contributed by atoms with E-state index in [9.17, 15) is 4.79 Å². The molecule has 0 radical (unpaired) electrons. The van der Waals surface area contributed by atoms with Gasteiger partial charge in [-0.25, -0.2) is 4.98 Å². The molecule has 0 bridgehead atoms. The Hall–Kier alpha value is -1.69. The number of piperidine rings is 1. The minimum absolute atomic E-state index is 0.00402. The average molecular weight is 304 g/mol. The van der Waals surface area contributed by atoms with Crippen LogP contribution in [0, 0.1) is 25.7 Å². The van der Waals surface area contributed by atoms with E-state index in [2.05, 4.69) is 14.9 Å². The van der Waals surface area contributed by atoms with Crippen molar-refractivity contribution in [2.45, 2.75) is 39.2 Å². The molecule has 2 saturated heterocycles. The van der Waals surface area contributed by atoms with Gasteiger partial charge in [-0.2, -0.15) is 0 Å². The van der Waals surface area contributed by atoms with E-state index in [1.54, 1.807) is 6.20 Å². The third-order valence-electron chi connectivity index (χ3n) is 4.86. The quantitative estimate of drug-likeness (QED) is 0.907. The number of hydrogen-bond acceptors (Lipinski definition) is 5. The minimum atomic E-state index is -0.217. The molecule has 0 unspecified atom stereocenters. The lowest BCUT2D eigenvalue weighted by molar-refractivity contribution is -0.124. The summed E-state index contributed by atoms with van der Waals surface area (Å²) in [5, 5.41) is 0. The molecule has 3 heterocycles. The number of primary amides is 1. The summed E-state index contributed by atoms with van der Waals surface area (Å²) in [6.45, 7) is 6.47. The second-order valence-corrected chi connectivity index (χ2v) is 6.38. The molecule has 0 saturated carbocycles. The van der Waals surface area contributed by atoms with Crippen LogP contribution in [-0.2, 0) is 9.53 Å². The van der Waals surface area contributed by atoms with Gasteiger partial charge in [-0.05, 0) is 39.0 Å². The zero-order valence-electron chi connectivity index (χ0n) is 13.3. The molecule has 0 spiro atoms. The molecule has 22 heavy (non-hydrogen) atoms. The average Bonchev–Trinajstić information content (AvgIpc) is 3.00. The number of rotatable bonds is 3. The van der Waals surface area contributed by atoms with Crippen LogP contribution in [0.4, 0.5) is 5.82 Å². The lowest BCUT2D eigenvalue weighted by Gasteiger charge is -2.36. The van der Waals surface area contributed by atoms with Crippen LogP contribution in [0.25, 0.3) is 0 Å². The Bertz CT molecular complexity index is 555. The molecule has 1 aromatic heterocycles. The normalized spacial score (nSPS) is 26.4. The van der Waals surface area contributed by atoms with Gasteiger partial charge in [-0.15, -0.1) is 0 Å². The SMILES string of the molecule is Cc1cnc(C)c(N2CCC([C@H]3OCC[C@@H]3C(N)=O)CC2)n1. The topological polar surface area (TPSA) is 81.3 Å². The summed E-state index contributed by atoms with van der Waals surface area (Å²) in [6.07, 6.45) is 4.58. The first-order valence-electron chi connectivity index (χ1n) is 8.02. The maximum Gasteiger partial charge on any atom is 0.223 e. The number of hydrogen-bond donors (Lipinski definition) is 1. The van der Waals surface area contributed by atoms with Crippen molar-refractivity contribution >= 4 is 11.7 Å². The highest BCUT2D eigenvalue weighted by Gasteiger charge is 2.39. The van der Waals surface area contributed by atoms with Crippen LogP contribution in [0.2, 0.25) is 0 Å². The van der Waals surface area contributed by atoms with E-state index in [0.29, 0.717) is 12.5 Å². The fourth-order valence-electron chi connectivity index (χ4n) is 3.64. The summed E-state index contributed by atoms with van der Waals surface area (Å²) in [6, 6.07) is 0. The van der Waals surface area contributed by atoms with E-state index in [-0.39, 0.29) is 17.9 Å². The Kier molecular flexibility index (Phi) is 4.29. The van der Waals surface area contributed by atoms with Crippen molar-refractivity contribution < 1.29 is 9.53 Å². The molecule has 2 N–H and O–H groups in total. The van der Waals surface area contributed by atoms with Crippen LogP contribution in [0.5, 0.6) is 0 Å². The molecule has 6 nitrogen and oxygen atoms in total. The summed E-state index contributed by atoms with van der Waals surface area (Å²) in [5.74, 6) is 1.06. The zero-order chi connectivity index (χ0) is 15.7. The van der Waals surface area contributed by atoms with Gasteiger partial charge in [0, 0.05) is 25.9 Å². The standard InChI is InChI=1S/C16H24N4O2/c1-10-9-18-11(2)16(19-10)20-6-3-12(4-7-20)14-13(15(17)21)5-8-22-14/h9,12-14H,3-8H2,1-2H3,(H2,17,21)/t13-,14+/m0/s1. The van der Waals surface area contributed by atoms with Gasteiger partial charge in [0.25, 0.3) is 0 Å². The van der Waals surface area contributed by atoms with Crippen molar-refractivity contribution in [3.63, 3.8) is 0 Å². The molecule has 0 aromatic carbocycles. The second kappa shape index (κ2) is 6.20. The fourth-order valence-corrected chi connectivity index (χ4v) is 3.64. The van der Waals surface area contributed by atoms with Crippen molar-refractivity contribution in [1.82, 2.24) is 9.97 Å². The molecule has 6 heteroatoms. The predicted molar refractivity (Wildman–Crippen MR) is 83.5 cm³/mol. The summed E-state index contributed by atoms with van der Waals surface area (Å²) < 4.78 is 5.80. The first kappa shape index (κ1) is 15.2. The van der Waals surface area contributed by atoms with E-state index >= 15 is 0 Å². The molecular formula is C16H24N4O2. The number of amides is 1. The number of anilines is 1. The molecule has 1 aromatic rings. The van der Waals surface area contributed by atoms with Crippen molar-refractivity contribution in [2.24, 2.45) is 17.6 Å². The van der Waals surface area contributed by atoms with Gasteiger partial charge in [0.2, 0.25) is 5.91 Å². The van der Waals surface area contributed by atoms with Crippen molar-refractivity contribution in [3.05, 3.63) is 17.6 Å². The second-order valence-electron chi connectivity index (χ2n) is 6.38. The number of ether oxygens (including phenoxy) is 1. The lowest BCUT2D eigenvalue weighted by Crippen LogP contribution is -2.42. The number of aromatic nitrogens is 2. The summed E-state index contributed by atoms with van der Waals surface area (Å²) in [5.41, 5.74) is 7.41. The van der Waals surface area contributed by atoms with E-state index in [0.717, 1.165) is 49.6 Å². The van der Waals surface area contributed by atoms with Crippen molar-refractivity contribution in [1.29, 1.82) is 0 Å². The zero-order valence-corrected chi connectivity index (χ0v) is 13.3. The van der Waals surface area contributed by atoms with Crippen LogP contribution in [0.15, 0.2) is 6.20 Å². The molecule has 2 fully saturated rings. The van der Waals surface area contributed by atoms with Crippen LogP contribution in [0.3, 0.4) is 0 Å². The van der Waals surface area contributed by atoms with Gasteiger partial charge in [-0.3, -0.25) is 9.78 Å². The van der Waals surface area contributed by atoms with Crippen LogP contribution >= 0.6 is 0 Å². The third kappa shape index (κ3) is 2.92. The van der Waals surface area contributed by atoms with E-state index in [1.165, 1.54) is 0 Å². The highest BCUT2D eigenvalue weighted by Crippen LogP contribution is 2.34. The number of carbonyl (C=O) groups is 1. The van der Waals surface area contributed by atoms with Gasteiger partial charge in [0.15, 0.2) is 0 Å². The summed E-state index contributed by atoms with van der Waals surface area (Å²) >= 11 is 0. The van der Waals surface area contributed by atoms with E-state index < -0.39 is 0 Å². The number of carbonyl (C=O) groups excluding carboxylic acids is 1. The molecule has 2 aliphatic heterocycles. The monoisotopic (exact) mass is 304 g/mol. The first-order chi connectivity index (χ1) is 10.6. The fraction of sp³-hybridized carbons (Fsp3) is 0.688. The minimum Gasteiger partial charge on any atom is -0.377 e. The van der Waals surface area contributed by atoms with E-state index in [4.69, 9.17) is 10.5 Å². The summed E-state index contributed by atoms with van der Waals surface area (Å²) in [7, 11) is 0. The van der Waals surface area contributed by atoms with Crippen molar-refractivity contribution in [3.8, 4) is 0 Å². The van der Waals surface area contributed by atoms with Gasteiger partial charge < -0.3 is 15.4 Å². The first-order valence-corrected chi connectivity index (χ1v) is 8.02. The smallest absolute Gasteiger partial charge is 0.223 e. The molecule has 1 amide bonds. The van der Waals surface area contributed by atoms with Gasteiger partial charge in [-0.1, -0.05) is 0 Å². The maximum absolute atomic E-state index is 11.5. The van der Waals surface area contributed by atoms with Crippen LogP contribution < -0.4 is 10.6 Å².